The van der Waals surface area contributed by atoms with Crippen LogP contribution < -0.4 is 4.74 Å². The predicted octanol–water partition coefficient (Wildman–Crippen LogP) is 6.65. The number of phenolic OH excluding ortho intramolecular Hbond substituents is 1. The summed E-state index contributed by atoms with van der Waals surface area (Å²) in [4.78, 5) is 34.1. The summed E-state index contributed by atoms with van der Waals surface area (Å²) < 4.78 is 12.4. The first-order valence-electron chi connectivity index (χ1n) is 16.4. The van der Waals surface area contributed by atoms with Gasteiger partial charge in [-0.3, -0.25) is 19.5 Å². The number of fused-ring (bicyclic) bond motifs is 3. The molecule has 0 bridgehead atoms. The Labute approximate surface area is 279 Å². The number of carbonyl (C=O) groups is 2. The van der Waals surface area contributed by atoms with Gasteiger partial charge in [-0.2, -0.15) is 0 Å². The van der Waals surface area contributed by atoms with Crippen molar-refractivity contribution in [2.45, 2.75) is 89.6 Å². The Morgan fingerprint density at radius 2 is 1.98 bits per heavy atom. The van der Waals surface area contributed by atoms with Gasteiger partial charge in [-0.15, -0.1) is 0 Å². The minimum atomic E-state index is -0.998. The molecule has 2 N–H and O–H groups in total. The third-order valence-corrected chi connectivity index (χ3v) is 10.9. The maximum absolute atomic E-state index is 14.1. The number of methoxy groups -OCH3 is 1. The van der Waals surface area contributed by atoms with Crippen molar-refractivity contribution >= 4 is 53.2 Å². The number of hydrogen-bond donors (Lipinski definition) is 2. The third kappa shape index (κ3) is 6.47. The standard InChI is InChI=1S/C35H42BIN2O6/c1-3-9-23-19-25-32(35(42)39(34(25)41)24-10-5-4-6-11-24)26-20-36(43)45-29(31(23)26)14-13-22(28-12-7-8-15-38-28)16-21-17-27(37)33(40)30(18-21)44-2/h7-8,12,15-18,24-26,29,32,40,43H,3-6,9-11,13-14,19-20H2,1-2H3/b22-16-/t25-,26+,29-,32-/m1/s1. The summed E-state index contributed by atoms with van der Waals surface area (Å²) in [6.45, 7) is 2.15. The van der Waals surface area contributed by atoms with Gasteiger partial charge in [-0.1, -0.05) is 44.2 Å². The molecule has 2 aliphatic carbocycles. The first-order chi connectivity index (χ1) is 21.8. The molecule has 8 nitrogen and oxygen atoms in total. The summed E-state index contributed by atoms with van der Waals surface area (Å²) >= 11 is 2.10. The Morgan fingerprint density at radius 1 is 1.18 bits per heavy atom. The molecule has 4 aliphatic rings. The van der Waals surface area contributed by atoms with Gasteiger partial charge in [0.25, 0.3) is 0 Å². The number of rotatable bonds is 9. The van der Waals surface area contributed by atoms with Crippen LogP contribution >= 0.6 is 22.6 Å². The molecule has 1 saturated carbocycles. The minimum absolute atomic E-state index is 0.00131. The summed E-state index contributed by atoms with van der Waals surface area (Å²) in [6, 6.07) is 9.54. The van der Waals surface area contributed by atoms with Gasteiger partial charge >= 0.3 is 7.12 Å². The van der Waals surface area contributed by atoms with Crippen molar-refractivity contribution in [3.8, 4) is 11.5 Å². The van der Waals surface area contributed by atoms with Crippen molar-refractivity contribution < 1.29 is 29.1 Å². The highest BCUT2D eigenvalue weighted by atomic mass is 127. The second-order valence-corrected chi connectivity index (χ2v) is 14.0. The number of phenols is 1. The lowest BCUT2D eigenvalue weighted by Gasteiger charge is -2.43. The molecular weight excluding hydrogens is 682 g/mol. The van der Waals surface area contributed by atoms with E-state index in [0.29, 0.717) is 34.9 Å². The molecule has 4 atom stereocenters. The summed E-state index contributed by atoms with van der Waals surface area (Å²) in [7, 11) is 0.538. The van der Waals surface area contributed by atoms with Crippen molar-refractivity contribution in [1.29, 1.82) is 0 Å². The Hall–Kier alpha value is -2.70. The number of carbonyl (C=O) groups excluding carboxylic acids is 2. The maximum atomic E-state index is 14.1. The molecule has 0 radical (unpaired) electrons. The van der Waals surface area contributed by atoms with Crippen molar-refractivity contribution in [2.75, 3.05) is 7.11 Å². The van der Waals surface area contributed by atoms with Gasteiger partial charge in [0, 0.05) is 12.2 Å². The average Bonchev–Trinajstić information content (AvgIpc) is 3.30. The van der Waals surface area contributed by atoms with E-state index in [1.54, 1.807) is 17.2 Å². The van der Waals surface area contributed by atoms with Gasteiger partial charge in [0.05, 0.1) is 34.3 Å². The van der Waals surface area contributed by atoms with Crippen LogP contribution in [0.1, 0.15) is 82.4 Å². The second kappa shape index (κ2) is 14.0. The van der Waals surface area contributed by atoms with E-state index in [-0.39, 0.29) is 41.5 Å². The average molecular weight is 724 g/mol. The predicted molar refractivity (Wildman–Crippen MR) is 182 cm³/mol. The number of halogens is 1. The summed E-state index contributed by atoms with van der Waals surface area (Å²) in [5.74, 6) is -0.481. The van der Waals surface area contributed by atoms with Gasteiger partial charge in [0.1, 0.15) is 0 Å². The van der Waals surface area contributed by atoms with Crippen LogP contribution in [-0.4, -0.2) is 58.2 Å². The summed E-state index contributed by atoms with van der Waals surface area (Å²) in [5, 5.41) is 21.4. The molecule has 2 aromatic rings. The van der Waals surface area contributed by atoms with E-state index in [1.165, 1.54) is 12.7 Å². The summed E-state index contributed by atoms with van der Waals surface area (Å²) in [5.41, 5.74) is 5.06. The first-order valence-corrected chi connectivity index (χ1v) is 17.5. The molecule has 3 heterocycles. The van der Waals surface area contributed by atoms with E-state index in [2.05, 4.69) is 40.6 Å². The number of imide groups is 1. The van der Waals surface area contributed by atoms with E-state index >= 15 is 0 Å². The van der Waals surface area contributed by atoms with E-state index in [1.807, 2.05) is 24.3 Å². The zero-order valence-corrected chi connectivity index (χ0v) is 28.2. The van der Waals surface area contributed by atoms with E-state index in [0.717, 1.165) is 67.3 Å². The van der Waals surface area contributed by atoms with Crippen molar-refractivity contribution in [1.82, 2.24) is 9.88 Å². The van der Waals surface area contributed by atoms with Crippen molar-refractivity contribution in [3.63, 3.8) is 0 Å². The zero-order valence-electron chi connectivity index (χ0n) is 26.1. The molecule has 2 amide bonds. The number of hydrogen-bond acceptors (Lipinski definition) is 7. The van der Waals surface area contributed by atoms with Crippen LogP contribution in [0.15, 0.2) is 47.7 Å². The number of ether oxygens (including phenoxy) is 1. The van der Waals surface area contributed by atoms with Gasteiger partial charge in [0.15, 0.2) is 11.5 Å². The van der Waals surface area contributed by atoms with Crippen LogP contribution in [0, 0.1) is 21.3 Å². The quantitative estimate of drug-likeness (QED) is 0.129. The minimum Gasteiger partial charge on any atom is -0.504 e. The van der Waals surface area contributed by atoms with E-state index in [9.17, 15) is 19.7 Å². The van der Waals surface area contributed by atoms with Crippen LogP contribution in [0.3, 0.4) is 0 Å². The van der Waals surface area contributed by atoms with Gasteiger partial charge in [-0.05, 0) is 120 Å². The van der Waals surface area contributed by atoms with Crippen LogP contribution in [0.5, 0.6) is 11.5 Å². The number of nitrogens with zero attached hydrogens (tertiary/aromatic N) is 2. The Balaban J connectivity index is 1.32. The Bertz CT molecular complexity index is 1490. The number of pyridine rings is 1. The lowest BCUT2D eigenvalue weighted by Crippen LogP contribution is -2.46. The molecule has 10 heteroatoms. The van der Waals surface area contributed by atoms with Crippen molar-refractivity contribution in [2.24, 2.45) is 17.8 Å². The second-order valence-electron chi connectivity index (χ2n) is 12.9. The lowest BCUT2D eigenvalue weighted by atomic mass is 9.58. The molecule has 1 aromatic heterocycles. The fraction of sp³-hybridized carbons (Fsp3) is 0.514. The summed E-state index contributed by atoms with van der Waals surface area (Å²) in [6.07, 6.45) is 12.5. The van der Waals surface area contributed by atoms with Crippen LogP contribution in [-0.2, 0) is 14.2 Å². The van der Waals surface area contributed by atoms with Crippen molar-refractivity contribution in [3.05, 3.63) is 62.5 Å². The normalized spacial score (nSPS) is 25.9. The van der Waals surface area contributed by atoms with Crippen LogP contribution in [0.2, 0.25) is 6.32 Å². The highest BCUT2D eigenvalue weighted by Gasteiger charge is 2.58. The topological polar surface area (TPSA) is 109 Å². The molecule has 6 rings (SSSR count). The molecule has 2 aliphatic heterocycles. The molecular formula is C35H42BIN2O6. The monoisotopic (exact) mass is 724 g/mol. The SMILES string of the molecule is CCCC1=C2[C@@H](CC/C(=C/c3cc(I)c(O)c(OC)c3)c3ccccn3)OB(O)C[C@@H]2[C@@H]2C(=O)N(C3CCCCC3)C(=O)[C@@H]2C1. The maximum Gasteiger partial charge on any atom is 0.455 e. The highest BCUT2D eigenvalue weighted by Crippen LogP contribution is 2.52. The van der Waals surface area contributed by atoms with Crippen LogP contribution in [0.4, 0.5) is 0 Å². The molecule has 0 spiro atoms. The molecule has 238 valence electrons. The number of likely N-dealkylation sites (tertiary alicyclic amines) is 1. The van der Waals surface area contributed by atoms with Gasteiger partial charge < -0.3 is 19.5 Å². The molecule has 1 aromatic carbocycles. The number of benzene rings is 1. The molecule has 0 unspecified atom stereocenters. The van der Waals surface area contributed by atoms with Gasteiger partial charge in [-0.25, -0.2) is 0 Å². The molecule has 45 heavy (non-hydrogen) atoms. The molecule has 3 fully saturated rings. The fourth-order valence-corrected chi connectivity index (χ4v) is 8.80. The largest absolute Gasteiger partial charge is 0.504 e. The highest BCUT2D eigenvalue weighted by molar-refractivity contribution is 14.1. The zero-order chi connectivity index (χ0) is 31.7. The Morgan fingerprint density at radius 3 is 2.69 bits per heavy atom. The van der Waals surface area contributed by atoms with Crippen LogP contribution in [0.25, 0.3) is 11.6 Å². The molecule has 2 saturated heterocycles. The smallest absolute Gasteiger partial charge is 0.455 e. The lowest BCUT2D eigenvalue weighted by molar-refractivity contribution is -0.143. The number of aromatic hydroxyl groups is 1. The van der Waals surface area contributed by atoms with Gasteiger partial charge in [0.2, 0.25) is 11.8 Å². The third-order valence-electron chi connectivity index (χ3n) is 10.1. The van der Waals surface area contributed by atoms with E-state index in [4.69, 9.17) is 9.39 Å². The number of aromatic nitrogens is 1. The number of allylic oxidation sites excluding steroid dienone is 2. The first kappa shape index (κ1) is 32.3. The number of amides is 2. The van der Waals surface area contributed by atoms with E-state index < -0.39 is 13.0 Å². The Kier molecular flexibility index (Phi) is 10.0. The fourth-order valence-electron chi connectivity index (χ4n) is 8.17.